The molecule has 0 bridgehead atoms. The standard InChI is InChI=1S/C26H32N6O/c1-17-7-9-20(10-8-17)14-32-24(33)12-11-22-19(3)27-25(28-26(22)32)23-6-5-13-31(23)16-21-15-30(4)29-18(21)2/h7-10,15,23H,5-6,11-14,16H2,1-4H3/t23-/m0/s1. The molecular formula is C26H32N6O. The molecule has 0 saturated carbocycles. The molecule has 0 N–H and O–H groups in total. The van der Waals surface area contributed by atoms with Crippen LogP contribution in [0.25, 0.3) is 0 Å². The first-order valence-electron chi connectivity index (χ1n) is 11.9. The summed E-state index contributed by atoms with van der Waals surface area (Å²) in [5, 5.41) is 4.50. The molecule has 1 fully saturated rings. The summed E-state index contributed by atoms with van der Waals surface area (Å²) in [5.41, 5.74) is 6.76. The Labute approximate surface area is 195 Å². The van der Waals surface area contributed by atoms with E-state index in [1.807, 2.05) is 16.6 Å². The number of amides is 1. The Hall–Kier alpha value is -3.06. The molecule has 0 radical (unpaired) electrons. The van der Waals surface area contributed by atoms with E-state index in [0.717, 1.165) is 60.1 Å². The summed E-state index contributed by atoms with van der Waals surface area (Å²) < 4.78 is 1.88. The minimum atomic E-state index is 0.140. The van der Waals surface area contributed by atoms with Gasteiger partial charge in [0.2, 0.25) is 5.91 Å². The van der Waals surface area contributed by atoms with Gasteiger partial charge in [0.25, 0.3) is 0 Å². The number of fused-ring (bicyclic) bond motifs is 1. The summed E-state index contributed by atoms with van der Waals surface area (Å²) >= 11 is 0. The molecule has 2 aliphatic rings. The third-order valence-electron chi connectivity index (χ3n) is 6.97. The Morgan fingerprint density at radius 1 is 1.00 bits per heavy atom. The lowest BCUT2D eigenvalue weighted by Gasteiger charge is -2.31. The molecule has 2 aromatic heterocycles. The van der Waals surface area contributed by atoms with Crippen LogP contribution in [0.2, 0.25) is 0 Å². The van der Waals surface area contributed by atoms with Gasteiger partial charge in [-0.15, -0.1) is 0 Å². The third kappa shape index (κ3) is 4.29. The number of anilines is 1. The average molecular weight is 445 g/mol. The fourth-order valence-corrected chi connectivity index (χ4v) is 5.12. The van der Waals surface area contributed by atoms with Gasteiger partial charge < -0.3 is 0 Å². The fraction of sp³-hybridized carbons (Fsp3) is 0.462. The maximum absolute atomic E-state index is 13.0. The van der Waals surface area contributed by atoms with Crippen molar-refractivity contribution in [3.05, 3.63) is 69.9 Å². The molecule has 0 unspecified atom stereocenters. The monoisotopic (exact) mass is 444 g/mol. The molecule has 3 aromatic rings. The van der Waals surface area contributed by atoms with Crippen LogP contribution in [0.1, 0.15) is 64.8 Å². The zero-order valence-corrected chi connectivity index (χ0v) is 20.0. The van der Waals surface area contributed by atoms with Crippen molar-refractivity contribution in [1.82, 2.24) is 24.6 Å². The van der Waals surface area contributed by atoms with Crippen LogP contribution in [-0.2, 0) is 31.4 Å². The quantitative estimate of drug-likeness (QED) is 0.596. The van der Waals surface area contributed by atoms with E-state index in [0.29, 0.717) is 19.4 Å². The zero-order chi connectivity index (χ0) is 23.1. The molecule has 7 heteroatoms. The van der Waals surface area contributed by atoms with E-state index in [1.54, 1.807) is 0 Å². The van der Waals surface area contributed by atoms with Gasteiger partial charge in [0.1, 0.15) is 11.6 Å². The molecule has 4 heterocycles. The first kappa shape index (κ1) is 21.8. The second kappa shape index (κ2) is 8.71. The molecule has 1 amide bonds. The van der Waals surface area contributed by atoms with Crippen molar-refractivity contribution in [3.63, 3.8) is 0 Å². The van der Waals surface area contributed by atoms with Crippen molar-refractivity contribution in [2.45, 2.75) is 65.6 Å². The van der Waals surface area contributed by atoms with Crippen LogP contribution in [0, 0.1) is 20.8 Å². The molecule has 1 aromatic carbocycles. The lowest BCUT2D eigenvalue weighted by Crippen LogP contribution is -2.37. The SMILES string of the molecule is Cc1ccc(CN2C(=O)CCc3c(C)nc([C@@H]4CCCN4Cc4cn(C)nc4C)nc32)cc1. The normalized spacial score (nSPS) is 18.7. The van der Waals surface area contributed by atoms with E-state index in [4.69, 9.17) is 9.97 Å². The third-order valence-corrected chi connectivity index (χ3v) is 6.97. The minimum absolute atomic E-state index is 0.140. The average Bonchev–Trinajstić information content (AvgIpc) is 3.37. The molecule has 2 aliphatic heterocycles. The number of carbonyl (C=O) groups is 1. The van der Waals surface area contributed by atoms with Gasteiger partial charge in [-0.1, -0.05) is 29.8 Å². The zero-order valence-electron chi connectivity index (χ0n) is 20.0. The molecule has 7 nitrogen and oxygen atoms in total. The predicted octanol–water partition coefficient (Wildman–Crippen LogP) is 3.95. The Kier molecular flexibility index (Phi) is 5.74. The maximum Gasteiger partial charge on any atom is 0.228 e. The van der Waals surface area contributed by atoms with E-state index in [-0.39, 0.29) is 11.9 Å². The number of carbonyl (C=O) groups excluding carboxylic acids is 1. The largest absolute Gasteiger partial charge is 0.292 e. The lowest BCUT2D eigenvalue weighted by molar-refractivity contribution is -0.119. The van der Waals surface area contributed by atoms with Gasteiger partial charge in [-0.2, -0.15) is 5.10 Å². The molecule has 0 aliphatic carbocycles. The summed E-state index contributed by atoms with van der Waals surface area (Å²) in [5.74, 6) is 1.79. The first-order chi connectivity index (χ1) is 15.9. The molecule has 5 rings (SSSR count). The van der Waals surface area contributed by atoms with Crippen LogP contribution in [0.15, 0.2) is 30.5 Å². The number of likely N-dealkylation sites (tertiary alicyclic amines) is 1. The number of benzene rings is 1. The molecular weight excluding hydrogens is 412 g/mol. The highest BCUT2D eigenvalue weighted by molar-refractivity contribution is 5.95. The second-order valence-corrected chi connectivity index (χ2v) is 9.48. The van der Waals surface area contributed by atoms with Crippen LogP contribution < -0.4 is 4.90 Å². The Balaban J connectivity index is 1.46. The molecule has 172 valence electrons. The predicted molar refractivity (Wildman–Crippen MR) is 128 cm³/mol. The molecule has 1 atom stereocenters. The Morgan fingerprint density at radius 3 is 2.52 bits per heavy atom. The maximum atomic E-state index is 13.0. The second-order valence-electron chi connectivity index (χ2n) is 9.48. The first-order valence-corrected chi connectivity index (χ1v) is 11.9. The number of aromatic nitrogens is 4. The van der Waals surface area contributed by atoms with Crippen molar-refractivity contribution >= 4 is 11.7 Å². The van der Waals surface area contributed by atoms with Crippen molar-refractivity contribution in [2.75, 3.05) is 11.4 Å². The molecule has 33 heavy (non-hydrogen) atoms. The van der Waals surface area contributed by atoms with Crippen LogP contribution in [0.3, 0.4) is 0 Å². The van der Waals surface area contributed by atoms with E-state index >= 15 is 0 Å². The summed E-state index contributed by atoms with van der Waals surface area (Å²) in [6.07, 6.45) is 5.48. The van der Waals surface area contributed by atoms with Crippen LogP contribution >= 0.6 is 0 Å². The van der Waals surface area contributed by atoms with E-state index in [1.165, 1.54) is 11.1 Å². The van der Waals surface area contributed by atoms with Gasteiger partial charge in [0.05, 0.1) is 18.3 Å². The van der Waals surface area contributed by atoms with E-state index in [9.17, 15) is 4.79 Å². The number of hydrogen-bond donors (Lipinski definition) is 0. The van der Waals surface area contributed by atoms with Crippen molar-refractivity contribution in [3.8, 4) is 0 Å². The molecule has 0 spiro atoms. The Bertz CT molecular complexity index is 1180. The smallest absolute Gasteiger partial charge is 0.228 e. The van der Waals surface area contributed by atoms with E-state index in [2.05, 4.69) is 61.2 Å². The fourth-order valence-electron chi connectivity index (χ4n) is 5.12. The number of rotatable bonds is 5. The highest BCUT2D eigenvalue weighted by Gasteiger charge is 2.33. The number of nitrogens with zero attached hydrogens (tertiary/aromatic N) is 6. The summed E-state index contributed by atoms with van der Waals surface area (Å²) in [4.78, 5) is 27.3. The van der Waals surface area contributed by atoms with Gasteiger partial charge in [-0.3, -0.25) is 19.3 Å². The summed E-state index contributed by atoms with van der Waals surface area (Å²) in [6.45, 7) is 8.61. The van der Waals surface area contributed by atoms with Crippen LogP contribution in [0.5, 0.6) is 0 Å². The number of aryl methyl sites for hydroxylation is 4. The molecule has 1 saturated heterocycles. The van der Waals surface area contributed by atoms with Crippen molar-refractivity contribution in [1.29, 1.82) is 0 Å². The minimum Gasteiger partial charge on any atom is -0.292 e. The highest BCUT2D eigenvalue weighted by Crippen LogP contribution is 2.36. The van der Waals surface area contributed by atoms with Gasteiger partial charge in [-0.05, 0) is 52.1 Å². The van der Waals surface area contributed by atoms with Gasteiger partial charge in [0.15, 0.2) is 0 Å². The van der Waals surface area contributed by atoms with E-state index < -0.39 is 0 Å². The van der Waals surface area contributed by atoms with Crippen molar-refractivity contribution in [2.24, 2.45) is 7.05 Å². The lowest BCUT2D eigenvalue weighted by atomic mass is 10.0. The van der Waals surface area contributed by atoms with Crippen LogP contribution in [0.4, 0.5) is 5.82 Å². The van der Waals surface area contributed by atoms with Crippen molar-refractivity contribution < 1.29 is 4.79 Å². The van der Waals surface area contributed by atoms with Crippen LogP contribution in [-0.4, -0.2) is 37.1 Å². The van der Waals surface area contributed by atoms with Gasteiger partial charge in [-0.25, -0.2) is 9.97 Å². The van der Waals surface area contributed by atoms with Gasteiger partial charge >= 0.3 is 0 Å². The summed E-state index contributed by atoms with van der Waals surface area (Å²) in [6, 6.07) is 8.55. The highest BCUT2D eigenvalue weighted by atomic mass is 16.2. The van der Waals surface area contributed by atoms with Gasteiger partial charge in [0, 0.05) is 43.0 Å². The number of hydrogen-bond acceptors (Lipinski definition) is 5. The Morgan fingerprint density at radius 2 is 1.79 bits per heavy atom. The topological polar surface area (TPSA) is 67.2 Å². The summed E-state index contributed by atoms with van der Waals surface area (Å²) in [7, 11) is 1.97.